The Hall–Kier alpha value is -3.09. The Kier molecular flexibility index (Phi) is 46.6. The minimum absolute atomic E-state index is 0.0981. The van der Waals surface area contributed by atoms with Gasteiger partial charge < -0.3 is 42.5 Å². The fraction of sp³-hybridized carbons (Fsp3) is 0.886. The maximum atomic E-state index is 10.3. The lowest BCUT2D eigenvalue weighted by Crippen LogP contribution is -2.42. The van der Waals surface area contributed by atoms with E-state index in [1.54, 1.807) is 0 Å². The van der Waals surface area contributed by atoms with E-state index < -0.39 is 36.4 Å². The molecule has 0 fully saturated rings. The van der Waals surface area contributed by atoms with Gasteiger partial charge in [-0.3, -0.25) is 20.4 Å². The Labute approximate surface area is 347 Å². The van der Waals surface area contributed by atoms with Gasteiger partial charge in [0.2, 0.25) is 0 Å². The summed E-state index contributed by atoms with van der Waals surface area (Å²) in [6.07, 6.45) is 42.3. The number of rotatable bonds is 39. The molecule has 0 aliphatic rings. The molecule has 57 heavy (non-hydrogen) atoms. The summed E-state index contributed by atoms with van der Waals surface area (Å²) >= 11 is 0. The van der Waals surface area contributed by atoms with Crippen molar-refractivity contribution in [2.24, 2.45) is 11.5 Å². The molecule has 0 aromatic heterocycles. The summed E-state index contributed by atoms with van der Waals surface area (Å²) < 4.78 is 0. The Morgan fingerprint density at radius 3 is 0.772 bits per heavy atom. The number of hydrogen-bond acceptors (Lipinski definition) is 6. The van der Waals surface area contributed by atoms with Gasteiger partial charge >= 0.3 is 17.9 Å². The third kappa shape index (κ3) is 52.9. The second-order valence-electron chi connectivity index (χ2n) is 15.8. The lowest BCUT2D eigenvalue weighted by atomic mass is 9.96. The van der Waals surface area contributed by atoms with Crippen molar-refractivity contribution in [3.63, 3.8) is 0 Å². The van der Waals surface area contributed by atoms with E-state index >= 15 is 0 Å². The highest BCUT2D eigenvalue weighted by Gasteiger charge is 2.40. The summed E-state index contributed by atoms with van der Waals surface area (Å²) in [7, 11) is 0. The molecule has 0 bridgehead atoms. The summed E-state index contributed by atoms with van der Waals surface area (Å²) in [6, 6.07) is 0. The van der Waals surface area contributed by atoms with Crippen LogP contribution in [0.4, 0.5) is 0 Å². The smallest absolute Gasteiger partial charge is 0.336 e. The van der Waals surface area contributed by atoms with Crippen LogP contribution >= 0.6 is 0 Å². The number of aliphatic hydroxyl groups is 1. The van der Waals surface area contributed by atoms with E-state index in [0.29, 0.717) is 0 Å². The number of unbranched alkanes of at least 4 members (excludes halogenated alkanes) is 30. The maximum Gasteiger partial charge on any atom is 0.336 e. The average molecular weight is 815 g/mol. The Bertz CT molecular complexity index is 890. The van der Waals surface area contributed by atoms with E-state index in [2.05, 4.69) is 24.5 Å². The largest absolute Gasteiger partial charge is 0.481 e. The van der Waals surface area contributed by atoms with E-state index in [4.69, 9.17) is 42.7 Å². The first-order valence-electron chi connectivity index (χ1n) is 22.9. The van der Waals surface area contributed by atoms with Crippen molar-refractivity contribution in [3.8, 4) is 0 Å². The van der Waals surface area contributed by atoms with Gasteiger partial charge in [0.15, 0.2) is 17.5 Å². The summed E-state index contributed by atoms with van der Waals surface area (Å²) in [5, 5.41) is 53.6. The fourth-order valence-electron chi connectivity index (χ4n) is 6.51. The number of carbonyl (C=O) groups is 3. The van der Waals surface area contributed by atoms with Crippen LogP contribution < -0.4 is 22.1 Å². The molecule has 338 valence electrons. The molecule has 0 rings (SSSR count). The molecule has 0 amide bonds. The summed E-state index contributed by atoms with van der Waals surface area (Å²) in [6.45, 7) is 6.28. The molecule has 0 radical (unpaired) electrons. The quantitative estimate of drug-likeness (QED) is 0.0159. The number of carboxylic acid groups (broad SMARTS) is 3. The summed E-state index contributed by atoms with van der Waals surface area (Å²) in [5.41, 5.74) is 7.72. The van der Waals surface area contributed by atoms with Gasteiger partial charge in [-0.25, -0.2) is 4.79 Å². The van der Waals surface area contributed by atoms with E-state index in [1.807, 2.05) is 0 Å². The first kappa shape index (κ1) is 58.2. The van der Waals surface area contributed by atoms with Crippen LogP contribution in [0.3, 0.4) is 0 Å². The van der Waals surface area contributed by atoms with Gasteiger partial charge in [0.05, 0.1) is 12.8 Å². The van der Waals surface area contributed by atoms with Gasteiger partial charge in [-0.15, -0.1) is 0 Å². The SMILES string of the molecule is CCCCCCCCCCCCCCCCCCNC(=N)N.CCCCCCCCCCCCCCCCCCNC(=N)N.O=C(O)CC(O)(CC(=O)O)C(=O)O. The highest BCUT2D eigenvalue weighted by molar-refractivity contribution is 5.88. The molecule has 0 unspecified atom stereocenters. The minimum atomic E-state index is -2.74. The Morgan fingerprint density at radius 1 is 0.421 bits per heavy atom. The van der Waals surface area contributed by atoms with E-state index in [1.165, 1.54) is 193 Å². The van der Waals surface area contributed by atoms with Gasteiger partial charge in [0.25, 0.3) is 0 Å². The highest BCUT2D eigenvalue weighted by Crippen LogP contribution is 2.17. The molecule has 0 saturated carbocycles. The Morgan fingerprint density at radius 2 is 0.614 bits per heavy atom. The fourth-order valence-corrected chi connectivity index (χ4v) is 6.51. The highest BCUT2D eigenvalue weighted by atomic mass is 16.4. The van der Waals surface area contributed by atoms with E-state index in [9.17, 15) is 14.4 Å². The number of carboxylic acids is 3. The topological polar surface area (TPSA) is 256 Å². The molecular weight excluding hydrogens is 725 g/mol. The maximum absolute atomic E-state index is 10.3. The molecule has 0 atom stereocenters. The van der Waals surface area contributed by atoms with Crippen LogP contribution in [-0.4, -0.2) is 68.9 Å². The zero-order chi connectivity index (χ0) is 43.3. The van der Waals surface area contributed by atoms with Crippen LogP contribution in [0.2, 0.25) is 0 Å². The first-order chi connectivity index (χ1) is 27.3. The van der Waals surface area contributed by atoms with Crippen molar-refractivity contribution in [3.05, 3.63) is 0 Å². The summed E-state index contributed by atoms with van der Waals surface area (Å²) in [5.74, 6) is -4.82. The van der Waals surface area contributed by atoms with Gasteiger partial charge in [-0.1, -0.05) is 206 Å². The van der Waals surface area contributed by atoms with Crippen molar-refractivity contribution in [2.45, 2.75) is 238 Å². The second-order valence-corrected chi connectivity index (χ2v) is 15.8. The van der Waals surface area contributed by atoms with Crippen molar-refractivity contribution in [1.29, 1.82) is 10.8 Å². The standard InChI is InChI=1S/2C19H41N3.C6H8O7/c2*1-2-3-4-5-6-7-8-9-10-11-12-13-14-15-16-17-18-22-19(20)21;7-3(8)1-6(13,5(11)12)2-4(9)10/h2*2-18H2,1H3,(H4,20,21,22);13H,1-2H2,(H,7,8)(H,9,10)(H,11,12). The summed E-state index contributed by atoms with van der Waals surface area (Å²) in [4.78, 5) is 30.5. The molecule has 0 spiro atoms. The Balaban J connectivity index is -0.000000795. The number of guanidine groups is 2. The van der Waals surface area contributed by atoms with Crippen LogP contribution in [0.5, 0.6) is 0 Å². The number of nitrogens with one attached hydrogen (secondary N) is 4. The van der Waals surface area contributed by atoms with Crippen molar-refractivity contribution >= 4 is 29.8 Å². The average Bonchev–Trinajstić information content (AvgIpc) is 3.13. The zero-order valence-electron chi connectivity index (χ0n) is 36.6. The van der Waals surface area contributed by atoms with Gasteiger partial charge in [-0.05, 0) is 12.8 Å². The molecule has 0 saturated heterocycles. The molecule has 0 aromatic rings. The van der Waals surface area contributed by atoms with Crippen LogP contribution in [0, 0.1) is 10.8 Å². The van der Waals surface area contributed by atoms with Gasteiger partial charge in [0, 0.05) is 13.1 Å². The van der Waals surface area contributed by atoms with E-state index in [0.717, 1.165) is 25.9 Å². The third-order valence-corrected chi connectivity index (χ3v) is 9.98. The second kappa shape index (κ2) is 45.6. The molecule has 0 heterocycles. The van der Waals surface area contributed by atoms with E-state index in [-0.39, 0.29) is 11.9 Å². The predicted octanol–water partition coefficient (Wildman–Crippen LogP) is 10.2. The number of nitrogens with two attached hydrogens (primary N) is 2. The normalized spacial score (nSPS) is 10.8. The van der Waals surface area contributed by atoms with Gasteiger partial charge in [-0.2, -0.15) is 0 Å². The van der Waals surface area contributed by atoms with Crippen molar-refractivity contribution in [1.82, 2.24) is 10.6 Å². The van der Waals surface area contributed by atoms with Crippen molar-refractivity contribution < 1.29 is 34.8 Å². The minimum Gasteiger partial charge on any atom is -0.481 e. The molecule has 13 nitrogen and oxygen atoms in total. The lowest BCUT2D eigenvalue weighted by Gasteiger charge is -2.18. The molecule has 0 aliphatic carbocycles. The molecule has 12 N–H and O–H groups in total. The molecule has 0 aromatic carbocycles. The van der Waals surface area contributed by atoms with Crippen LogP contribution in [-0.2, 0) is 14.4 Å². The number of aliphatic carboxylic acids is 3. The van der Waals surface area contributed by atoms with Gasteiger partial charge in [0.1, 0.15) is 0 Å². The van der Waals surface area contributed by atoms with Crippen LogP contribution in [0.25, 0.3) is 0 Å². The van der Waals surface area contributed by atoms with Crippen LogP contribution in [0.15, 0.2) is 0 Å². The lowest BCUT2D eigenvalue weighted by molar-refractivity contribution is -0.170. The third-order valence-electron chi connectivity index (χ3n) is 9.98. The molecular formula is C44H90N6O7. The first-order valence-corrected chi connectivity index (χ1v) is 22.9. The van der Waals surface area contributed by atoms with Crippen molar-refractivity contribution in [2.75, 3.05) is 13.1 Å². The molecule has 13 heteroatoms. The predicted molar refractivity (Wildman–Crippen MR) is 236 cm³/mol. The monoisotopic (exact) mass is 815 g/mol. The zero-order valence-corrected chi connectivity index (χ0v) is 36.6. The number of hydrogen-bond donors (Lipinski definition) is 10. The van der Waals surface area contributed by atoms with Crippen LogP contribution in [0.1, 0.15) is 232 Å². The molecule has 0 aliphatic heterocycles.